The van der Waals surface area contributed by atoms with Crippen molar-refractivity contribution in [1.82, 2.24) is 20.1 Å². The molecule has 1 aromatic rings. The molecule has 2 saturated heterocycles. The van der Waals surface area contributed by atoms with Gasteiger partial charge in [-0.15, -0.1) is 11.3 Å². The average molecular weight is 595 g/mol. The largest absolute Gasteiger partial charge is 1.00 e. The fourth-order valence-corrected chi connectivity index (χ4v) is 5.08. The number of hydrogen-bond donors (Lipinski definition) is 3. The number of rotatable bonds is 7. The molecule has 4 rings (SSSR count). The predicted molar refractivity (Wildman–Crippen MR) is 128 cm³/mol. The molecule has 2 atom stereocenters. The molecular formula is C22H22F3N6NaO7S. The number of carbonyl (C=O) groups excluding carboxylic acids is 4. The van der Waals surface area contributed by atoms with E-state index in [0.29, 0.717) is 4.90 Å². The molecule has 3 amide bonds. The maximum absolute atomic E-state index is 13.0. The molecule has 0 unspecified atom stereocenters. The van der Waals surface area contributed by atoms with Crippen molar-refractivity contribution in [3.05, 3.63) is 34.0 Å². The molecule has 2 fully saturated rings. The van der Waals surface area contributed by atoms with Gasteiger partial charge in [-0.3, -0.25) is 19.3 Å². The smallest absolute Gasteiger partial charge is 1.00 e. The summed E-state index contributed by atoms with van der Waals surface area (Å²) in [7, 11) is 0. The van der Waals surface area contributed by atoms with Crippen LogP contribution in [0, 0.1) is 0 Å². The van der Waals surface area contributed by atoms with Crippen LogP contribution in [0.25, 0.3) is 0 Å². The molecule has 0 saturated carbocycles. The molecule has 0 bridgehead atoms. The van der Waals surface area contributed by atoms with Crippen LogP contribution in [0.5, 0.6) is 0 Å². The van der Waals surface area contributed by atoms with Gasteiger partial charge < -0.3 is 27.3 Å². The summed E-state index contributed by atoms with van der Waals surface area (Å²) in [5.41, 5.74) is 4.86. The van der Waals surface area contributed by atoms with E-state index in [-0.39, 0.29) is 78.8 Å². The quantitative estimate of drug-likeness (QED) is 0.0777. The Morgan fingerprint density at radius 2 is 2.05 bits per heavy atom. The summed E-state index contributed by atoms with van der Waals surface area (Å²) in [6.07, 6.45) is -3.09. The number of thiazole rings is 1. The Morgan fingerprint density at radius 1 is 1.35 bits per heavy atom. The number of oxime groups is 1. The molecule has 18 heteroatoms. The number of nitrogens with two attached hydrogens (primary N) is 1. The standard InChI is InChI=1S/C22H21F3N6O7S.Na.H/c1-9(32)38-29-14(12-7-39-21(26)27-12)17(33)28-15-13-3-2-10(16(20(36)37)31(13)19(15)35)6-11-4-5-30(18(11)34)8-22(23,24)25;;/h6-7,13,15H,2-5,8H2,1H3,(H2,26,27)(H,28,33)(H,36,37);;/q;+1;-1/b11-6?,29-14-;;/t13-,15+;;/m1../s1. The topological polar surface area (TPSA) is 185 Å². The van der Waals surface area contributed by atoms with Crippen molar-refractivity contribution in [3.63, 3.8) is 0 Å². The van der Waals surface area contributed by atoms with Crippen molar-refractivity contribution in [3.8, 4) is 0 Å². The number of anilines is 1. The molecule has 4 N–H and O–H groups in total. The first-order chi connectivity index (χ1) is 18.3. The van der Waals surface area contributed by atoms with Gasteiger partial charge >= 0.3 is 47.7 Å². The van der Waals surface area contributed by atoms with E-state index in [4.69, 9.17) is 5.73 Å². The molecule has 13 nitrogen and oxygen atoms in total. The molecule has 1 aromatic heterocycles. The van der Waals surface area contributed by atoms with Gasteiger partial charge in [0, 0.05) is 24.4 Å². The molecular weight excluding hydrogens is 572 g/mol. The fraction of sp³-hybridized carbons (Fsp3) is 0.409. The summed E-state index contributed by atoms with van der Waals surface area (Å²) in [6, 6.07) is -1.90. The number of β-lactam (4-membered cyclic amide) rings is 1. The predicted octanol–water partition coefficient (Wildman–Crippen LogP) is -2.34. The van der Waals surface area contributed by atoms with Gasteiger partial charge in [0.05, 0.1) is 6.04 Å². The van der Waals surface area contributed by atoms with Crippen LogP contribution < -0.4 is 40.6 Å². The van der Waals surface area contributed by atoms with Crippen LogP contribution in [0.2, 0.25) is 0 Å². The van der Waals surface area contributed by atoms with Crippen LogP contribution in [-0.2, 0) is 28.8 Å². The van der Waals surface area contributed by atoms with Gasteiger partial charge in [-0.2, -0.15) is 13.2 Å². The second-order valence-electron chi connectivity index (χ2n) is 8.80. The molecule has 3 aliphatic heterocycles. The summed E-state index contributed by atoms with van der Waals surface area (Å²) in [5, 5.41) is 17.3. The van der Waals surface area contributed by atoms with E-state index in [0.717, 1.165) is 23.2 Å². The number of aliphatic carboxylic acids is 1. The van der Waals surface area contributed by atoms with Crippen LogP contribution in [0.15, 0.2) is 33.5 Å². The zero-order valence-corrected chi connectivity index (χ0v) is 24.0. The molecule has 0 aliphatic carbocycles. The number of nitrogens with one attached hydrogen (secondary N) is 1. The van der Waals surface area contributed by atoms with Crippen molar-refractivity contribution >= 4 is 51.8 Å². The molecule has 0 radical (unpaired) electrons. The van der Waals surface area contributed by atoms with Crippen LogP contribution in [0.3, 0.4) is 0 Å². The van der Waals surface area contributed by atoms with Gasteiger partial charge in [0.1, 0.15) is 24.0 Å². The van der Waals surface area contributed by atoms with Gasteiger partial charge in [0.25, 0.3) is 11.8 Å². The molecule has 40 heavy (non-hydrogen) atoms. The maximum atomic E-state index is 13.0. The van der Waals surface area contributed by atoms with E-state index in [1.54, 1.807) is 0 Å². The number of halogens is 3. The van der Waals surface area contributed by atoms with Crippen LogP contribution in [0.1, 0.15) is 33.3 Å². The van der Waals surface area contributed by atoms with Crippen molar-refractivity contribution in [2.24, 2.45) is 5.16 Å². The summed E-state index contributed by atoms with van der Waals surface area (Å²) < 4.78 is 38.2. The number of alkyl halides is 3. The second-order valence-corrected chi connectivity index (χ2v) is 9.69. The molecule has 4 heterocycles. The Morgan fingerprint density at radius 3 is 2.62 bits per heavy atom. The van der Waals surface area contributed by atoms with Gasteiger partial charge in [0.2, 0.25) is 5.91 Å². The Hall–Kier alpha value is -3.28. The van der Waals surface area contributed by atoms with E-state index in [9.17, 15) is 42.3 Å². The number of carboxylic acids is 1. The van der Waals surface area contributed by atoms with Crippen LogP contribution >= 0.6 is 11.3 Å². The number of nitrogen functional groups attached to an aromatic ring is 1. The summed E-state index contributed by atoms with van der Waals surface area (Å²) in [6.45, 7) is -0.525. The third-order valence-corrected chi connectivity index (χ3v) is 6.81. The van der Waals surface area contributed by atoms with E-state index in [2.05, 4.69) is 20.3 Å². The van der Waals surface area contributed by atoms with Gasteiger partial charge in [-0.25, -0.2) is 14.6 Å². The minimum Gasteiger partial charge on any atom is -1.00 e. The molecule has 210 valence electrons. The van der Waals surface area contributed by atoms with E-state index >= 15 is 0 Å². The Labute approximate surface area is 251 Å². The monoisotopic (exact) mass is 594 g/mol. The summed E-state index contributed by atoms with van der Waals surface area (Å²) >= 11 is 0.992. The molecule has 3 aliphatic rings. The first-order valence-electron chi connectivity index (χ1n) is 11.4. The number of amides is 3. The first-order valence-corrected chi connectivity index (χ1v) is 12.3. The first kappa shape index (κ1) is 31.3. The number of carbonyl (C=O) groups is 5. The SMILES string of the molecule is CC(=O)O/N=C(\C(=O)N[C@@H]1C(=O)N2C(C(=O)O)=C(C=C3CCN(CC(F)(F)F)C3=O)CC[C@H]12)c1csc(N)n1.[H-].[Na+]. The van der Waals surface area contributed by atoms with Crippen LogP contribution in [-0.4, -0.2) is 86.6 Å². The number of likely N-dealkylation sites (tertiary alicyclic amines) is 1. The Bertz CT molecular complexity index is 1370. The number of fused-ring (bicyclic) bond motifs is 1. The fourth-order valence-electron chi connectivity index (χ4n) is 4.53. The van der Waals surface area contributed by atoms with Gasteiger partial charge in [-0.1, -0.05) is 5.16 Å². The number of allylic oxidation sites excluding steroid dienone is 2. The third-order valence-electron chi connectivity index (χ3n) is 6.14. The number of hydrogen-bond acceptors (Lipinski definition) is 10. The Kier molecular flexibility index (Phi) is 9.43. The summed E-state index contributed by atoms with van der Waals surface area (Å²) in [5.74, 6) is -4.83. The van der Waals surface area contributed by atoms with Crippen molar-refractivity contribution < 1.29 is 78.1 Å². The number of aromatic nitrogens is 1. The Balaban J connectivity index is 0.00000294. The van der Waals surface area contributed by atoms with Crippen LogP contribution in [0.4, 0.5) is 18.3 Å². The summed E-state index contributed by atoms with van der Waals surface area (Å²) in [4.78, 5) is 71.6. The molecule has 0 spiro atoms. The number of nitrogens with zero attached hydrogens (tertiary/aromatic N) is 4. The van der Waals surface area contributed by atoms with Crippen molar-refractivity contribution in [2.45, 2.75) is 44.4 Å². The van der Waals surface area contributed by atoms with Gasteiger partial charge in [0.15, 0.2) is 10.8 Å². The zero-order chi connectivity index (χ0) is 28.6. The number of carboxylic acid groups (broad SMARTS) is 1. The third kappa shape index (κ3) is 6.54. The van der Waals surface area contributed by atoms with E-state index in [1.807, 2.05) is 0 Å². The van der Waals surface area contributed by atoms with Gasteiger partial charge in [-0.05, 0) is 30.9 Å². The average Bonchev–Trinajstić information content (AvgIpc) is 3.41. The van der Waals surface area contributed by atoms with Crippen molar-refractivity contribution in [1.29, 1.82) is 0 Å². The molecule has 0 aromatic carbocycles. The second kappa shape index (κ2) is 12.1. The van der Waals surface area contributed by atoms with E-state index in [1.165, 1.54) is 11.5 Å². The maximum Gasteiger partial charge on any atom is 1.00 e. The normalized spacial score (nSPS) is 22.1. The zero-order valence-electron chi connectivity index (χ0n) is 22.1. The van der Waals surface area contributed by atoms with Crippen molar-refractivity contribution in [2.75, 3.05) is 18.8 Å². The van der Waals surface area contributed by atoms with E-state index < -0.39 is 65.9 Å². The minimum absolute atomic E-state index is 0. The minimum atomic E-state index is -4.58.